The maximum atomic E-state index is 11.3. The molecule has 0 bridgehead atoms. The molecule has 0 unspecified atom stereocenters. The lowest BCUT2D eigenvalue weighted by Crippen LogP contribution is -2.25. The van der Waals surface area contributed by atoms with E-state index in [0.29, 0.717) is 13.0 Å². The summed E-state index contributed by atoms with van der Waals surface area (Å²) in [6.45, 7) is 3.53. The minimum Gasteiger partial charge on any atom is -0.351 e. The number of hydrogen-bond acceptors (Lipinski definition) is 3. The van der Waals surface area contributed by atoms with E-state index in [0.717, 1.165) is 13.0 Å². The van der Waals surface area contributed by atoms with Crippen LogP contribution in [0.15, 0.2) is 12.1 Å². The zero-order valence-corrected chi connectivity index (χ0v) is 10.1. The maximum Gasteiger partial charge on any atom is 0.221 e. The van der Waals surface area contributed by atoms with E-state index in [9.17, 15) is 4.79 Å². The lowest BCUT2D eigenvalue weighted by atomic mass is 10.3. The summed E-state index contributed by atoms with van der Waals surface area (Å²) in [5, 5.41) is 5.85. The zero-order chi connectivity index (χ0) is 11.1. The molecule has 0 aromatic carbocycles. The molecule has 0 fully saturated rings. The molecular weight excluding hydrogens is 208 g/mol. The maximum absolute atomic E-state index is 11.3. The topological polar surface area (TPSA) is 41.1 Å². The molecule has 0 saturated heterocycles. The molecule has 0 radical (unpaired) electrons. The molecule has 0 aliphatic rings. The highest BCUT2D eigenvalue weighted by Gasteiger charge is 2.02. The number of amides is 1. The van der Waals surface area contributed by atoms with Crippen molar-refractivity contribution >= 4 is 17.2 Å². The molecule has 0 atom stereocenters. The van der Waals surface area contributed by atoms with Gasteiger partial charge in [0.2, 0.25) is 5.91 Å². The van der Waals surface area contributed by atoms with Gasteiger partial charge in [0.1, 0.15) is 0 Å². The van der Waals surface area contributed by atoms with Crippen LogP contribution in [0.5, 0.6) is 0 Å². The van der Waals surface area contributed by atoms with Crippen molar-refractivity contribution in [2.45, 2.75) is 26.3 Å². The van der Waals surface area contributed by atoms with Gasteiger partial charge in [-0.15, -0.1) is 11.3 Å². The number of hydrogen-bond donors (Lipinski definition) is 2. The van der Waals surface area contributed by atoms with Crippen LogP contribution in [0.2, 0.25) is 0 Å². The van der Waals surface area contributed by atoms with Gasteiger partial charge in [0.15, 0.2) is 0 Å². The van der Waals surface area contributed by atoms with Crippen molar-refractivity contribution in [3.05, 3.63) is 21.9 Å². The van der Waals surface area contributed by atoms with Gasteiger partial charge < -0.3 is 10.6 Å². The first-order valence-corrected chi connectivity index (χ1v) is 6.06. The van der Waals surface area contributed by atoms with Gasteiger partial charge in [0.25, 0.3) is 0 Å². The van der Waals surface area contributed by atoms with E-state index >= 15 is 0 Å². The molecule has 0 saturated carbocycles. The minimum atomic E-state index is 0.107. The molecule has 1 amide bonds. The van der Waals surface area contributed by atoms with Crippen LogP contribution in [0.1, 0.15) is 23.1 Å². The fourth-order valence-electron chi connectivity index (χ4n) is 1.22. The monoisotopic (exact) mass is 226 g/mol. The molecule has 0 spiro atoms. The summed E-state index contributed by atoms with van der Waals surface area (Å²) in [5.41, 5.74) is 0. The average Bonchev–Trinajstić information content (AvgIpc) is 2.71. The Hall–Kier alpha value is -0.870. The van der Waals surface area contributed by atoms with Crippen molar-refractivity contribution in [1.82, 2.24) is 10.6 Å². The Morgan fingerprint density at radius 1 is 1.40 bits per heavy atom. The highest BCUT2D eigenvalue weighted by molar-refractivity contribution is 7.11. The summed E-state index contributed by atoms with van der Waals surface area (Å²) in [7, 11) is 1.85. The number of carbonyl (C=O) groups is 1. The first-order valence-electron chi connectivity index (χ1n) is 5.25. The van der Waals surface area contributed by atoms with E-state index in [4.69, 9.17) is 0 Å². The molecule has 1 heterocycles. The van der Waals surface area contributed by atoms with Crippen molar-refractivity contribution < 1.29 is 4.79 Å². The lowest BCUT2D eigenvalue weighted by molar-refractivity contribution is -0.121. The highest BCUT2D eigenvalue weighted by atomic mass is 32.1. The van der Waals surface area contributed by atoms with Crippen molar-refractivity contribution in [1.29, 1.82) is 0 Å². The number of thiophene rings is 1. The molecule has 4 heteroatoms. The largest absolute Gasteiger partial charge is 0.351 e. The van der Waals surface area contributed by atoms with Gasteiger partial charge >= 0.3 is 0 Å². The van der Waals surface area contributed by atoms with Crippen molar-refractivity contribution in [2.75, 3.05) is 13.6 Å². The van der Waals surface area contributed by atoms with Gasteiger partial charge in [0, 0.05) is 22.7 Å². The highest BCUT2D eigenvalue weighted by Crippen LogP contribution is 2.16. The molecule has 1 rings (SSSR count). The fourth-order valence-corrected chi connectivity index (χ4v) is 2.12. The normalized spacial score (nSPS) is 10.3. The van der Waals surface area contributed by atoms with Crippen LogP contribution in [0.25, 0.3) is 0 Å². The van der Waals surface area contributed by atoms with Crippen LogP contribution < -0.4 is 10.6 Å². The fraction of sp³-hybridized carbons (Fsp3) is 0.545. The number of aryl methyl sites for hydroxylation is 1. The van der Waals surface area contributed by atoms with Crippen LogP contribution in [-0.4, -0.2) is 19.5 Å². The van der Waals surface area contributed by atoms with Crippen LogP contribution in [0.4, 0.5) is 0 Å². The molecule has 0 aliphatic heterocycles. The molecular formula is C11H18N2OS. The SMILES string of the molecule is CCc1ccc(CNC(=O)CCNC)s1. The van der Waals surface area contributed by atoms with Gasteiger partial charge in [-0.3, -0.25) is 4.79 Å². The number of carbonyl (C=O) groups excluding carboxylic acids is 1. The standard InChI is InChI=1S/C11H18N2OS/c1-3-9-4-5-10(15-9)8-13-11(14)6-7-12-2/h4-5,12H,3,6-8H2,1-2H3,(H,13,14). The van der Waals surface area contributed by atoms with Crippen LogP contribution in [-0.2, 0) is 17.8 Å². The summed E-state index contributed by atoms with van der Waals surface area (Å²) in [6, 6.07) is 4.21. The third-order valence-electron chi connectivity index (χ3n) is 2.13. The molecule has 1 aromatic heterocycles. The van der Waals surface area contributed by atoms with E-state index in [1.165, 1.54) is 9.75 Å². The van der Waals surface area contributed by atoms with Crippen molar-refractivity contribution in [2.24, 2.45) is 0 Å². The Morgan fingerprint density at radius 3 is 2.73 bits per heavy atom. The van der Waals surface area contributed by atoms with Crippen LogP contribution >= 0.6 is 11.3 Å². The number of nitrogens with one attached hydrogen (secondary N) is 2. The van der Waals surface area contributed by atoms with Gasteiger partial charge in [-0.25, -0.2) is 0 Å². The number of rotatable bonds is 6. The summed E-state index contributed by atoms with van der Waals surface area (Å²) in [4.78, 5) is 13.9. The minimum absolute atomic E-state index is 0.107. The average molecular weight is 226 g/mol. The Morgan fingerprint density at radius 2 is 2.13 bits per heavy atom. The predicted octanol–water partition coefficient (Wildman–Crippen LogP) is 1.54. The predicted molar refractivity (Wildman–Crippen MR) is 64.1 cm³/mol. The molecule has 0 aliphatic carbocycles. The lowest BCUT2D eigenvalue weighted by Gasteiger charge is -2.02. The van der Waals surface area contributed by atoms with Gasteiger partial charge in [-0.1, -0.05) is 6.92 Å². The first kappa shape index (κ1) is 12.2. The van der Waals surface area contributed by atoms with Crippen molar-refractivity contribution in [3.63, 3.8) is 0 Å². The van der Waals surface area contributed by atoms with E-state index in [-0.39, 0.29) is 5.91 Å². The second kappa shape index (κ2) is 6.58. The third-order valence-corrected chi connectivity index (χ3v) is 3.36. The molecule has 84 valence electrons. The summed E-state index contributed by atoms with van der Waals surface area (Å²) in [5.74, 6) is 0.107. The smallest absolute Gasteiger partial charge is 0.221 e. The second-order valence-corrected chi connectivity index (χ2v) is 4.60. The van der Waals surface area contributed by atoms with Crippen molar-refractivity contribution in [3.8, 4) is 0 Å². The Balaban J connectivity index is 2.27. The molecule has 3 nitrogen and oxygen atoms in total. The first-order chi connectivity index (χ1) is 7.26. The summed E-state index contributed by atoms with van der Waals surface area (Å²) in [6.07, 6.45) is 1.61. The molecule has 1 aromatic rings. The van der Waals surface area contributed by atoms with Crippen LogP contribution in [0, 0.1) is 0 Å². The van der Waals surface area contributed by atoms with E-state index in [1.807, 2.05) is 7.05 Å². The zero-order valence-electron chi connectivity index (χ0n) is 9.30. The second-order valence-electron chi connectivity index (χ2n) is 3.35. The summed E-state index contributed by atoms with van der Waals surface area (Å²) < 4.78 is 0. The van der Waals surface area contributed by atoms with Crippen LogP contribution in [0.3, 0.4) is 0 Å². The molecule has 2 N–H and O–H groups in total. The Kier molecular flexibility index (Phi) is 5.36. The van der Waals surface area contributed by atoms with E-state index in [2.05, 4.69) is 29.7 Å². The Bertz CT molecular complexity index is 309. The van der Waals surface area contributed by atoms with Gasteiger partial charge in [-0.2, -0.15) is 0 Å². The third kappa shape index (κ3) is 4.44. The molecule has 15 heavy (non-hydrogen) atoms. The van der Waals surface area contributed by atoms with E-state index < -0.39 is 0 Å². The van der Waals surface area contributed by atoms with E-state index in [1.54, 1.807) is 11.3 Å². The Labute approximate surface area is 94.9 Å². The quantitative estimate of drug-likeness (QED) is 0.772. The summed E-state index contributed by atoms with van der Waals surface area (Å²) >= 11 is 1.77. The van der Waals surface area contributed by atoms with Gasteiger partial charge in [0.05, 0.1) is 6.54 Å². The van der Waals surface area contributed by atoms with Gasteiger partial charge in [-0.05, 0) is 25.6 Å².